The van der Waals surface area contributed by atoms with E-state index in [0.29, 0.717) is 6.54 Å². The lowest BCUT2D eigenvalue weighted by Crippen LogP contribution is -2.25. The molecule has 0 aliphatic heterocycles. The molecule has 3 aromatic rings. The lowest BCUT2D eigenvalue weighted by atomic mass is 10.2. The van der Waals surface area contributed by atoms with E-state index in [4.69, 9.17) is 5.73 Å². The van der Waals surface area contributed by atoms with E-state index in [1.54, 1.807) is 35.5 Å². The van der Waals surface area contributed by atoms with Crippen LogP contribution in [-0.2, 0) is 13.0 Å². The number of nitrogens with two attached hydrogens (primary N) is 1. The Kier molecular flexibility index (Phi) is 5.99. The van der Waals surface area contributed by atoms with Gasteiger partial charge >= 0.3 is 0 Å². The zero-order chi connectivity index (χ0) is 16.9. The van der Waals surface area contributed by atoms with Crippen molar-refractivity contribution in [2.24, 2.45) is 5.73 Å². The highest BCUT2D eigenvalue weighted by atomic mass is 79.9. The van der Waals surface area contributed by atoms with Crippen LogP contribution < -0.4 is 11.1 Å². The van der Waals surface area contributed by atoms with Crippen molar-refractivity contribution in [1.82, 2.24) is 20.4 Å². The van der Waals surface area contributed by atoms with Gasteiger partial charge in [0.15, 0.2) is 5.82 Å². The minimum absolute atomic E-state index is 0.124. The van der Waals surface area contributed by atoms with Gasteiger partial charge < -0.3 is 11.1 Å². The fourth-order valence-corrected chi connectivity index (χ4v) is 4.84. The normalized spacial score (nSPS) is 12.5. The molecule has 0 amide bonds. The van der Waals surface area contributed by atoms with Crippen LogP contribution >= 0.6 is 39.0 Å². The van der Waals surface area contributed by atoms with Crippen LogP contribution in [0.5, 0.6) is 0 Å². The Bertz CT molecular complexity index is 810. The van der Waals surface area contributed by atoms with Crippen LogP contribution in [-0.4, -0.2) is 38.4 Å². The minimum atomic E-state index is 0.124. The number of hydrogen-bond donors (Lipinski definition) is 2. The van der Waals surface area contributed by atoms with Gasteiger partial charge in [0.25, 0.3) is 0 Å². The molecule has 0 radical (unpaired) electrons. The third-order valence-electron chi connectivity index (χ3n) is 3.44. The van der Waals surface area contributed by atoms with Gasteiger partial charge in [0.05, 0.1) is 4.47 Å². The number of nitrogens with zero attached hydrogens (tertiary/aromatic N) is 4. The van der Waals surface area contributed by atoms with Gasteiger partial charge in [-0.2, -0.15) is 11.8 Å². The second kappa shape index (κ2) is 8.19. The molecule has 1 atom stereocenters. The molecule has 3 N–H and O–H groups in total. The van der Waals surface area contributed by atoms with E-state index in [1.807, 2.05) is 12.1 Å². The third kappa shape index (κ3) is 4.02. The maximum absolute atomic E-state index is 6.17. The summed E-state index contributed by atoms with van der Waals surface area (Å²) in [6.45, 7) is 0.660. The zero-order valence-corrected chi connectivity index (χ0v) is 16.3. The van der Waals surface area contributed by atoms with Gasteiger partial charge in [0.1, 0.15) is 10.2 Å². The van der Waals surface area contributed by atoms with Crippen molar-refractivity contribution in [2.45, 2.75) is 19.0 Å². The molecule has 126 valence electrons. The summed E-state index contributed by atoms with van der Waals surface area (Å²) in [6.07, 6.45) is 6.43. The minimum Gasteiger partial charge on any atom is -0.363 e. The first kappa shape index (κ1) is 17.5. The maximum atomic E-state index is 6.17. The van der Waals surface area contributed by atoms with Crippen molar-refractivity contribution in [2.75, 3.05) is 17.3 Å². The molecule has 3 heterocycles. The second-order valence-electron chi connectivity index (χ2n) is 5.28. The summed E-state index contributed by atoms with van der Waals surface area (Å²) in [6, 6.07) is 4.06. The molecular weight excluding hydrogens is 408 g/mol. The molecule has 0 aromatic carbocycles. The molecule has 0 fully saturated rings. The van der Waals surface area contributed by atoms with Gasteiger partial charge in [0, 0.05) is 35.6 Å². The van der Waals surface area contributed by atoms with Crippen LogP contribution in [0.25, 0.3) is 10.2 Å². The van der Waals surface area contributed by atoms with E-state index < -0.39 is 0 Å². The Morgan fingerprint density at radius 1 is 1.33 bits per heavy atom. The standard InChI is InChI=1S/C15H17BrN6S2/c1-23-8-10(17)6-11-12(16)13-14(24-11)15(21-22-20-13)19-7-9-2-4-18-5-3-9/h2-5,10H,6-8,17H2,1H3,(H,19,20,21)/t10-/m1/s1. The Morgan fingerprint density at radius 3 is 2.88 bits per heavy atom. The first-order chi connectivity index (χ1) is 11.7. The maximum Gasteiger partial charge on any atom is 0.170 e. The van der Waals surface area contributed by atoms with E-state index >= 15 is 0 Å². The van der Waals surface area contributed by atoms with E-state index in [2.05, 4.69) is 47.9 Å². The van der Waals surface area contributed by atoms with Gasteiger partial charge in [-0.15, -0.1) is 21.5 Å². The number of thioether (sulfide) groups is 1. The summed E-state index contributed by atoms with van der Waals surface area (Å²) in [5.74, 6) is 1.67. The molecule has 3 aromatic heterocycles. The van der Waals surface area contributed by atoms with Crippen molar-refractivity contribution < 1.29 is 0 Å². The number of nitrogens with one attached hydrogen (secondary N) is 1. The molecule has 0 aliphatic rings. The van der Waals surface area contributed by atoms with E-state index in [1.165, 1.54) is 4.88 Å². The number of aromatic nitrogens is 4. The third-order valence-corrected chi connectivity index (χ3v) is 6.52. The van der Waals surface area contributed by atoms with E-state index in [9.17, 15) is 0 Å². The van der Waals surface area contributed by atoms with Gasteiger partial charge in [-0.1, -0.05) is 0 Å². The fraction of sp³-hybridized carbons (Fsp3) is 0.333. The molecule has 9 heteroatoms. The van der Waals surface area contributed by atoms with Crippen LogP contribution in [0.3, 0.4) is 0 Å². The molecule has 0 saturated carbocycles. The zero-order valence-electron chi connectivity index (χ0n) is 13.1. The van der Waals surface area contributed by atoms with E-state index in [0.717, 1.165) is 38.2 Å². The number of pyridine rings is 1. The molecule has 0 bridgehead atoms. The highest BCUT2D eigenvalue weighted by Crippen LogP contribution is 2.37. The highest BCUT2D eigenvalue weighted by molar-refractivity contribution is 9.10. The number of halogens is 1. The highest BCUT2D eigenvalue weighted by Gasteiger charge is 2.17. The summed E-state index contributed by atoms with van der Waals surface area (Å²) in [4.78, 5) is 5.21. The van der Waals surface area contributed by atoms with Crippen LogP contribution in [0.1, 0.15) is 10.4 Å². The summed E-state index contributed by atoms with van der Waals surface area (Å²) in [5.41, 5.74) is 8.14. The average molecular weight is 425 g/mol. The Labute approximate surface area is 156 Å². The molecule has 0 aliphatic carbocycles. The van der Waals surface area contributed by atoms with Gasteiger partial charge in [-0.05, 0) is 51.5 Å². The summed E-state index contributed by atoms with van der Waals surface area (Å²) >= 11 is 7.06. The predicted molar refractivity (Wildman–Crippen MR) is 105 cm³/mol. The van der Waals surface area contributed by atoms with Crippen LogP contribution in [0.4, 0.5) is 5.82 Å². The van der Waals surface area contributed by atoms with Gasteiger partial charge in [0.2, 0.25) is 0 Å². The van der Waals surface area contributed by atoms with Crippen LogP contribution in [0.15, 0.2) is 29.0 Å². The SMILES string of the molecule is CSC[C@H](N)Cc1sc2c(NCc3ccncc3)nnnc2c1Br. The molecular formula is C15H17BrN6S2. The average Bonchev–Trinajstić information content (AvgIpc) is 2.91. The quantitative estimate of drug-likeness (QED) is 0.601. The number of anilines is 1. The summed E-state index contributed by atoms with van der Waals surface area (Å²) in [5, 5.41) is 15.6. The monoisotopic (exact) mass is 424 g/mol. The lowest BCUT2D eigenvalue weighted by Gasteiger charge is -2.07. The molecule has 0 unspecified atom stereocenters. The molecule has 0 spiro atoms. The first-order valence-corrected chi connectivity index (χ1v) is 10.4. The Morgan fingerprint density at radius 2 is 2.12 bits per heavy atom. The topological polar surface area (TPSA) is 89.6 Å². The number of thiophene rings is 1. The molecule has 0 saturated heterocycles. The Hall–Kier alpha value is -1.29. The van der Waals surface area contributed by atoms with Crippen molar-refractivity contribution in [3.05, 3.63) is 39.4 Å². The van der Waals surface area contributed by atoms with Gasteiger partial charge in [-0.3, -0.25) is 4.98 Å². The number of hydrogen-bond acceptors (Lipinski definition) is 8. The number of fused-ring (bicyclic) bond motifs is 1. The first-order valence-electron chi connectivity index (χ1n) is 7.36. The van der Waals surface area contributed by atoms with Crippen molar-refractivity contribution in [3.63, 3.8) is 0 Å². The summed E-state index contributed by atoms with van der Waals surface area (Å²) < 4.78 is 1.97. The van der Waals surface area contributed by atoms with Gasteiger partial charge in [-0.25, -0.2) is 0 Å². The Balaban J connectivity index is 1.84. The number of rotatable bonds is 7. The second-order valence-corrected chi connectivity index (χ2v) is 8.09. The molecule has 6 nitrogen and oxygen atoms in total. The predicted octanol–water partition coefficient (Wildman–Crippen LogP) is 3.09. The van der Waals surface area contributed by atoms with Crippen LogP contribution in [0.2, 0.25) is 0 Å². The van der Waals surface area contributed by atoms with Crippen molar-refractivity contribution in [1.29, 1.82) is 0 Å². The van der Waals surface area contributed by atoms with Crippen LogP contribution in [0, 0.1) is 0 Å². The summed E-state index contributed by atoms with van der Waals surface area (Å²) in [7, 11) is 0. The van der Waals surface area contributed by atoms with Crippen molar-refractivity contribution >= 4 is 55.1 Å². The molecule has 3 rings (SSSR count). The largest absolute Gasteiger partial charge is 0.363 e. The fourth-order valence-electron chi connectivity index (χ4n) is 2.30. The smallest absolute Gasteiger partial charge is 0.170 e. The molecule has 24 heavy (non-hydrogen) atoms. The van der Waals surface area contributed by atoms with Crippen molar-refractivity contribution in [3.8, 4) is 0 Å². The lowest BCUT2D eigenvalue weighted by molar-refractivity contribution is 0.756. The van der Waals surface area contributed by atoms with E-state index in [-0.39, 0.29) is 6.04 Å².